The third-order valence-corrected chi connectivity index (χ3v) is 2.14. The molecule has 0 amide bonds. The van der Waals surface area contributed by atoms with Crippen molar-refractivity contribution in [2.75, 3.05) is 0 Å². The molecule has 0 heterocycles. The van der Waals surface area contributed by atoms with E-state index in [1.807, 2.05) is 13.8 Å². The Bertz CT molecular complexity index is 241. The first-order chi connectivity index (χ1) is 6.74. The molecule has 0 aromatic carbocycles. The van der Waals surface area contributed by atoms with Crippen molar-refractivity contribution in [3.05, 3.63) is 0 Å². The Morgan fingerprint density at radius 1 is 1.14 bits per heavy atom. The van der Waals surface area contributed by atoms with Gasteiger partial charge in [-0.1, -0.05) is 6.92 Å². The van der Waals surface area contributed by atoms with Crippen molar-refractivity contribution in [2.45, 2.75) is 51.6 Å². The molecule has 2 atom stereocenters. The average Bonchev–Trinajstić information content (AvgIpc) is 2.17. The first-order valence-electron chi connectivity index (χ1n) is 4.88. The summed E-state index contributed by atoms with van der Waals surface area (Å²) in [5.41, 5.74) is 0. The first-order valence-corrected chi connectivity index (χ1v) is 4.88. The van der Waals surface area contributed by atoms with Gasteiger partial charge in [-0.2, -0.15) is 0 Å². The quantitative estimate of drug-likeness (QED) is 0.462. The molecule has 14 heavy (non-hydrogen) atoms. The van der Waals surface area contributed by atoms with Gasteiger partial charge in [0.15, 0.2) is 0 Å². The summed E-state index contributed by atoms with van der Waals surface area (Å²) in [6.07, 6.45) is 6.55. The van der Waals surface area contributed by atoms with Crippen LogP contribution in [0, 0.1) is 0 Å². The van der Waals surface area contributed by atoms with Gasteiger partial charge in [0.25, 0.3) is 0 Å². The fourth-order valence-corrected chi connectivity index (χ4v) is 1.24. The number of rotatable bonds is 7. The van der Waals surface area contributed by atoms with Crippen LogP contribution >= 0.6 is 0 Å². The minimum atomic E-state index is 0.0187. The highest BCUT2D eigenvalue weighted by Crippen LogP contribution is 2.10. The van der Waals surface area contributed by atoms with Crippen LogP contribution in [0.15, 0.2) is 9.98 Å². The van der Waals surface area contributed by atoms with Crippen LogP contribution in [0.2, 0.25) is 0 Å². The molecular weight excluding hydrogens is 180 g/mol. The van der Waals surface area contributed by atoms with Gasteiger partial charge >= 0.3 is 0 Å². The molecule has 0 aromatic heterocycles. The molecule has 0 N–H and O–H groups in total. The van der Waals surface area contributed by atoms with E-state index in [0.29, 0.717) is 0 Å². The van der Waals surface area contributed by atoms with Crippen molar-refractivity contribution < 1.29 is 9.59 Å². The molecule has 0 saturated carbocycles. The number of isocyanates is 2. The maximum Gasteiger partial charge on any atom is 0.235 e. The largest absolute Gasteiger partial charge is 0.235 e. The summed E-state index contributed by atoms with van der Waals surface area (Å²) in [4.78, 5) is 27.2. The van der Waals surface area contributed by atoms with Gasteiger partial charge in [0, 0.05) is 0 Å². The molecule has 0 rings (SSSR count). The van der Waals surface area contributed by atoms with Crippen LogP contribution < -0.4 is 0 Å². The molecule has 0 aromatic rings. The van der Waals surface area contributed by atoms with Gasteiger partial charge in [0.1, 0.15) is 0 Å². The Morgan fingerprint density at radius 2 is 1.79 bits per heavy atom. The standard InChI is InChI=1S/C10H16N2O2/c1-3-10(12-8-14)6-4-5-9(2)11-7-13/h9-10H,3-6H2,1-2H3. The predicted octanol–water partition coefficient (Wildman–Crippen LogP) is 2.00. The lowest BCUT2D eigenvalue weighted by molar-refractivity contribution is 0.510. The molecule has 0 saturated heterocycles. The Kier molecular flexibility index (Phi) is 7.62. The topological polar surface area (TPSA) is 58.9 Å². The molecule has 0 aliphatic rings. The SMILES string of the molecule is CCC(CCCC(C)N=C=O)N=C=O. The van der Waals surface area contributed by atoms with Gasteiger partial charge in [-0.05, 0) is 32.6 Å². The maximum atomic E-state index is 10.0. The van der Waals surface area contributed by atoms with Crippen LogP contribution in [-0.2, 0) is 9.59 Å². The molecule has 0 spiro atoms. The van der Waals surface area contributed by atoms with Crippen molar-refractivity contribution in [3.8, 4) is 0 Å². The summed E-state index contributed by atoms with van der Waals surface area (Å²) in [7, 11) is 0. The van der Waals surface area contributed by atoms with Gasteiger partial charge < -0.3 is 0 Å². The van der Waals surface area contributed by atoms with E-state index in [4.69, 9.17) is 0 Å². The molecule has 2 unspecified atom stereocenters. The maximum absolute atomic E-state index is 10.0. The first kappa shape index (κ1) is 12.8. The van der Waals surface area contributed by atoms with E-state index in [9.17, 15) is 9.59 Å². The van der Waals surface area contributed by atoms with Crippen LogP contribution in [0.4, 0.5) is 0 Å². The van der Waals surface area contributed by atoms with Crippen LogP contribution in [0.1, 0.15) is 39.5 Å². The molecule has 0 aliphatic heterocycles. The fraction of sp³-hybridized carbons (Fsp3) is 0.800. The van der Waals surface area contributed by atoms with Crippen LogP contribution in [0.25, 0.3) is 0 Å². The third-order valence-electron chi connectivity index (χ3n) is 2.14. The fourth-order valence-electron chi connectivity index (χ4n) is 1.24. The van der Waals surface area contributed by atoms with Gasteiger partial charge in [-0.3, -0.25) is 0 Å². The van der Waals surface area contributed by atoms with E-state index >= 15 is 0 Å². The normalized spacial score (nSPS) is 13.6. The number of aliphatic imine (C=N–C) groups is 2. The highest BCUT2D eigenvalue weighted by atomic mass is 16.1. The summed E-state index contributed by atoms with van der Waals surface area (Å²) < 4.78 is 0. The van der Waals surface area contributed by atoms with E-state index in [-0.39, 0.29) is 12.1 Å². The van der Waals surface area contributed by atoms with Crippen molar-refractivity contribution in [1.82, 2.24) is 0 Å². The van der Waals surface area contributed by atoms with Gasteiger partial charge in [0.05, 0.1) is 12.1 Å². The molecule has 0 fully saturated rings. The average molecular weight is 196 g/mol. The molecule has 78 valence electrons. The van der Waals surface area contributed by atoms with Gasteiger partial charge in [0.2, 0.25) is 12.2 Å². The monoisotopic (exact) mass is 196 g/mol. The lowest BCUT2D eigenvalue weighted by Gasteiger charge is -2.08. The van der Waals surface area contributed by atoms with E-state index in [0.717, 1.165) is 25.7 Å². The second kappa shape index (κ2) is 8.36. The zero-order chi connectivity index (χ0) is 10.8. The van der Waals surface area contributed by atoms with Crippen molar-refractivity contribution in [2.24, 2.45) is 9.98 Å². The highest BCUT2D eigenvalue weighted by Gasteiger charge is 2.05. The molecule has 4 heteroatoms. The Labute approximate surface area is 84.1 Å². The van der Waals surface area contributed by atoms with E-state index in [1.165, 1.54) is 6.08 Å². The van der Waals surface area contributed by atoms with Crippen LogP contribution in [-0.4, -0.2) is 24.2 Å². The molecular formula is C10H16N2O2. The number of carbonyl (C=O) groups excluding carboxylic acids is 2. The summed E-state index contributed by atoms with van der Waals surface area (Å²) in [5, 5.41) is 0. The molecule has 0 aliphatic carbocycles. The molecule has 0 bridgehead atoms. The van der Waals surface area contributed by atoms with Gasteiger partial charge in [-0.25, -0.2) is 19.6 Å². The predicted molar refractivity (Wildman–Crippen MR) is 53.6 cm³/mol. The van der Waals surface area contributed by atoms with E-state index < -0.39 is 0 Å². The lowest BCUT2D eigenvalue weighted by Crippen LogP contribution is -2.04. The Morgan fingerprint density at radius 3 is 2.29 bits per heavy atom. The number of hydrogen-bond donors (Lipinski definition) is 0. The van der Waals surface area contributed by atoms with E-state index in [1.54, 1.807) is 6.08 Å². The van der Waals surface area contributed by atoms with Crippen molar-refractivity contribution in [3.63, 3.8) is 0 Å². The minimum Gasteiger partial charge on any atom is -0.211 e. The Hall–Kier alpha value is -1.24. The summed E-state index contributed by atoms with van der Waals surface area (Å²) >= 11 is 0. The van der Waals surface area contributed by atoms with Crippen molar-refractivity contribution in [1.29, 1.82) is 0 Å². The van der Waals surface area contributed by atoms with E-state index in [2.05, 4.69) is 9.98 Å². The molecule has 4 nitrogen and oxygen atoms in total. The van der Waals surface area contributed by atoms with Crippen molar-refractivity contribution >= 4 is 12.2 Å². The highest BCUT2D eigenvalue weighted by molar-refractivity contribution is 5.33. The minimum absolute atomic E-state index is 0.0187. The zero-order valence-corrected chi connectivity index (χ0v) is 8.69. The second-order valence-electron chi connectivity index (χ2n) is 3.28. The summed E-state index contributed by atoms with van der Waals surface area (Å²) in [6, 6.07) is 0.0881. The second-order valence-corrected chi connectivity index (χ2v) is 3.28. The third kappa shape index (κ3) is 6.30. The summed E-state index contributed by atoms with van der Waals surface area (Å²) in [6.45, 7) is 3.85. The molecule has 0 radical (unpaired) electrons. The van der Waals surface area contributed by atoms with Gasteiger partial charge in [-0.15, -0.1) is 0 Å². The number of nitrogens with zero attached hydrogens (tertiary/aromatic N) is 2. The number of hydrogen-bond acceptors (Lipinski definition) is 4. The van der Waals surface area contributed by atoms with Crippen LogP contribution in [0.3, 0.4) is 0 Å². The zero-order valence-electron chi connectivity index (χ0n) is 8.69. The Balaban J connectivity index is 3.70. The smallest absolute Gasteiger partial charge is 0.211 e. The lowest BCUT2D eigenvalue weighted by atomic mass is 10.1. The van der Waals surface area contributed by atoms with Crippen LogP contribution in [0.5, 0.6) is 0 Å². The summed E-state index contributed by atoms with van der Waals surface area (Å²) in [5.74, 6) is 0.